The highest BCUT2D eigenvalue weighted by Crippen LogP contribution is 2.25. The van der Waals surface area contributed by atoms with Crippen molar-refractivity contribution >= 4 is 58.0 Å². The molecule has 0 aliphatic rings. The van der Waals surface area contributed by atoms with Gasteiger partial charge in [0, 0.05) is 35.7 Å². The van der Waals surface area contributed by atoms with Gasteiger partial charge in [-0.05, 0) is 30.7 Å². The van der Waals surface area contributed by atoms with E-state index in [0.717, 1.165) is 0 Å². The summed E-state index contributed by atoms with van der Waals surface area (Å²) >= 11 is 11.8. The van der Waals surface area contributed by atoms with Gasteiger partial charge in [0.05, 0.1) is 15.6 Å². The van der Waals surface area contributed by atoms with Crippen LogP contribution in [0.1, 0.15) is 19.3 Å². The molecule has 30 heavy (non-hydrogen) atoms. The number of hydrogen-bond donors (Lipinski definition) is 2. The first-order valence-corrected chi connectivity index (χ1v) is 9.45. The lowest BCUT2D eigenvalue weighted by Crippen LogP contribution is -2.21. The summed E-state index contributed by atoms with van der Waals surface area (Å²) in [6.45, 7) is -0.512. The fourth-order valence-corrected chi connectivity index (χ4v) is 2.65. The van der Waals surface area contributed by atoms with Crippen LogP contribution in [0.3, 0.4) is 0 Å². The van der Waals surface area contributed by atoms with E-state index in [9.17, 15) is 24.5 Å². The van der Waals surface area contributed by atoms with Gasteiger partial charge in [0.2, 0.25) is 5.91 Å². The van der Waals surface area contributed by atoms with Crippen LogP contribution in [0, 0.1) is 10.1 Å². The van der Waals surface area contributed by atoms with Crippen molar-refractivity contribution < 1.29 is 24.0 Å². The van der Waals surface area contributed by atoms with Crippen molar-refractivity contribution in [2.45, 2.75) is 19.3 Å². The van der Waals surface area contributed by atoms with Gasteiger partial charge in [-0.3, -0.25) is 24.5 Å². The van der Waals surface area contributed by atoms with Crippen molar-refractivity contribution in [2.75, 3.05) is 17.2 Å². The molecule has 0 unspecified atom stereocenters. The number of esters is 1. The smallest absolute Gasteiger partial charge is 0.306 e. The number of nitro groups is 1. The van der Waals surface area contributed by atoms with Crippen molar-refractivity contribution in [3.63, 3.8) is 0 Å². The number of anilines is 2. The molecular weight excluding hydrogens is 437 g/mol. The quantitative estimate of drug-likeness (QED) is 0.332. The molecule has 0 radical (unpaired) electrons. The van der Waals surface area contributed by atoms with Crippen molar-refractivity contribution in [3.05, 3.63) is 62.6 Å². The summed E-state index contributed by atoms with van der Waals surface area (Å²) in [5.41, 5.74) is 0.435. The molecule has 0 aliphatic heterocycles. The van der Waals surface area contributed by atoms with Crippen molar-refractivity contribution in [1.82, 2.24) is 0 Å². The Labute approximate surface area is 181 Å². The highest BCUT2D eigenvalue weighted by atomic mass is 35.5. The summed E-state index contributed by atoms with van der Waals surface area (Å²) in [5, 5.41) is 16.4. The zero-order chi connectivity index (χ0) is 22.1. The molecule has 9 nitrogen and oxygen atoms in total. The van der Waals surface area contributed by atoms with Crippen LogP contribution >= 0.6 is 23.2 Å². The van der Waals surface area contributed by atoms with E-state index in [0.29, 0.717) is 10.7 Å². The molecule has 2 rings (SSSR count). The van der Waals surface area contributed by atoms with Gasteiger partial charge in [0.1, 0.15) is 0 Å². The first-order valence-electron chi connectivity index (χ1n) is 8.69. The van der Waals surface area contributed by atoms with Gasteiger partial charge in [0.15, 0.2) is 6.61 Å². The maximum absolute atomic E-state index is 11.9. The number of non-ortho nitro benzene ring substituents is 1. The van der Waals surface area contributed by atoms with E-state index >= 15 is 0 Å². The van der Waals surface area contributed by atoms with Crippen LogP contribution in [0.5, 0.6) is 0 Å². The largest absolute Gasteiger partial charge is 0.456 e. The Morgan fingerprint density at radius 1 is 1.00 bits per heavy atom. The number of amides is 2. The second-order valence-electron chi connectivity index (χ2n) is 6.04. The molecule has 0 atom stereocenters. The molecule has 2 amide bonds. The van der Waals surface area contributed by atoms with Crippen LogP contribution in [0.2, 0.25) is 10.0 Å². The number of halogens is 2. The Morgan fingerprint density at radius 2 is 1.77 bits per heavy atom. The molecule has 0 bridgehead atoms. The van der Waals surface area contributed by atoms with Gasteiger partial charge in [-0.2, -0.15) is 0 Å². The average Bonchev–Trinajstić information content (AvgIpc) is 2.69. The topological polar surface area (TPSA) is 128 Å². The van der Waals surface area contributed by atoms with E-state index in [4.69, 9.17) is 27.9 Å². The number of nitrogens with one attached hydrogen (secondary N) is 2. The van der Waals surface area contributed by atoms with E-state index in [1.807, 2.05) is 0 Å². The zero-order valence-corrected chi connectivity index (χ0v) is 17.0. The first kappa shape index (κ1) is 23.1. The van der Waals surface area contributed by atoms with Gasteiger partial charge in [-0.25, -0.2) is 0 Å². The molecule has 2 N–H and O–H groups in total. The van der Waals surface area contributed by atoms with Crippen LogP contribution in [-0.2, 0) is 19.1 Å². The molecule has 0 saturated heterocycles. The number of benzene rings is 2. The Hall–Kier alpha value is -3.17. The van der Waals surface area contributed by atoms with E-state index in [1.54, 1.807) is 6.07 Å². The maximum atomic E-state index is 11.9. The summed E-state index contributed by atoms with van der Waals surface area (Å²) < 4.78 is 4.85. The number of nitrogens with zero attached hydrogens (tertiary/aromatic N) is 1. The molecule has 0 aliphatic carbocycles. The lowest BCUT2D eigenvalue weighted by Gasteiger charge is -2.08. The predicted octanol–water partition coefficient (Wildman–Crippen LogP) is 4.19. The fraction of sp³-hybridized carbons (Fsp3) is 0.211. The molecular formula is C19H17Cl2N3O6. The van der Waals surface area contributed by atoms with Gasteiger partial charge >= 0.3 is 5.97 Å². The van der Waals surface area contributed by atoms with Gasteiger partial charge in [-0.15, -0.1) is 0 Å². The summed E-state index contributed by atoms with van der Waals surface area (Å²) in [4.78, 5) is 45.6. The molecule has 2 aromatic carbocycles. The SMILES string of the molecule is O=C(CCCC(=O)OCC(=O)Nc1cc(Cl)ccc1Cl)Nc1cccc([N+](=O)[O-])c1. The number of ether oxygens (including phenoxy) is 1. The Balaban J connectivity index is 1.68. The van der Waals surface area contributed by atoms with E-state index < -0.39 is 29.3 Å². The molecule has 158 valence electrons. The minimum absolute atomic E-state index is 0.00209. The lowest BCUT2D eigenvalue weighted by molar-refractivity contribution is -0.384. The highest BCUT2D eigenvalue weighted by Gasteiger charge is 2.12. The normalized spacial score (nSPS) is 10.2. The van der Waals surface area contributed by atoms with E-state index in [-0.39, 0.29) is 35.7 Å². The fourth-order valence-electron chi connectivity index (χ4n) is 2.31. The number of carbonyl (C=O) groups is 3. The Morgan fingerprint density at radius 3 is 2.50 bits per heavy atom. The number of carbonyl (C=O) groups excluding carboxylic acids is 3. The molecule has 2 aromatic rings. The van der Waals surface area contributed by atoms with Crippen molar-refractivity contribution in [1.29, 1.82) is 0 Å². The third-order valence-corrected chi connectivity index (χ3v) is 4.26. The third-order valence-electron chi connectivity index (χ3n) is 3.69. The Bertz CT molecular complexity index is 967. The Kier molecular flexibility index (Phi) is 8.57. The maximum Gasteiger partial charge on any atom is 0.306 e. The second kappa shape index (κ2) is 11.1. The zero-order valence-electron chi connectivity index (χ0n) is 15.5. The lowest BCUT2D eigenvalue weighted by atomic mass is 10.2. The standard InChI is InChI=1S/C19H17Cl2N3O6/c20-12-7-8-15(21)16(9-12)23-18(26)11-30-19(27)6-2-5-17(25)22-13-3-1-4-14(10-13)24(28)29/h1,3-4,7-10H,2,5-6,11H2,(H,22,25)(H,23,26). The summed E-state index contributed by atoms with van der Waals surface area (Å²) in [6, 6.07) is 10.1. The summed E-state index contributed by atoms with van der Waals surface area (Å²) in [5.74, 6) is -1.64. The third kappa shape index (κ3) is 7.69. The van der Waals surface area contributed by atoms with Crippen LogP contribution in [0.25, 0.3) is 0 Å². The van der Waals surface area contributed by atoms with Crippen molar-refractivity contribution in [3.8, 4) is 0 Å². The molecule has 0 saturated carbocycles. The average molecular weight is 454 g/mol. The van der Waals surface area contributed by atoms with Crippen LogP contribution in [0.15, 0.2) is 42.5 Å². The van der Waals surface area contributed by atoms with Gasteiger partial charge in [0.25, 0.3) is 11.6 Å². The number of hydrogen-bond acceptors (Lipinski definition) is 6. The monoisotopic (exact) mass is 453 g/mol. The molecule has 0 aromatic heterocycles. The predicted molar refractivity (Wildman–Crippen MR) is 112 cm³/mol. The molecule has 0 heterocycles. The van der Waals surface area contributed by atoms with E-state index in [2.05, 4.69) is 10.6 Å². The van der Waals surface area contributed by atoms with Crippen LogP contribution < -0.4 is 10.6 Å². The van der Waals surface area contributed by atoms with Crippen molar-refractivity contribution in [2.24, 2.45) is 0 Å². The van der Waals surface area contributed by atoms with E-state index in [1.165, 1.54) is 36.4 Å². The molecule has 0 fully saturated rings. The summed E-state index contributed by atoms with van der Waals surface area (Å²) in [6.07, 6.45) is 0.108. The van der Waals surface area contributed by atoms with Crippen LogP contribution in [-0.4, -0.2) is 29.3 Å². The van der Waals surface area contributed by atoms with Gasteiger partial charge in [-0.1, -0.05) is 29.3 Å². The minimum atomic E-state index is -0.648. The molecule has 11 heteroatoms. The highest BCUT2D eigenvalue weighted by molar-refractivity contribution is 6.35. The van der Waals surface area contributed by atoms with Crippen LogP contribution in [0.4, 0.5) is 17.1 Å². The number of rotatable bonds is 9. The minimum Gasteiger partial charge on any atom is -0.456 e. The first-order chi connectivity index (χ1) is 14.2. The number of nitro benzene ring substituents is 1. The molecule has 0 spiro atoms. The summed E-state index contributed by atoms with van der Waals surface area (Å²) in [7, 11) is 0. The van der Waals surface area contributed by atoms with Gasteiger partial charge < -0.3 is 15.4 Å². The second-order valence-corrected chi connectivity index (χ2v) is 6.89.